The van der Waals surface area contributed by atoms with Gasteiger partial charge in [0.1, 0.15) is 0 Å². The Morgan fingerprint density at radius 1 is 1.18 bits per heavy atom. The van der Waals surface area contributed by atoms with Gasteiger partial charge in [0, 0.05) is 37.1 Å². The third-order valence-corrected chi connectivity index (χ3v) is 3.54. The van der Waals surface area contributed by atoms with Gasteiger partial charge in [-0.05, 0) is 43.2 Å². The Morgan fingerprint density at radius 2 is 1.86 bits per heavy atom. The summed E-state index contributed by atoms with van der Waals surface area (Å²) in [5.41, 5.74) is 4.37. The van der Waals surface area contributed by atoms with E-state index in [0.29, 0.717) is 11.6 Å². The van der Waals surface area contributed by atoms with Crippen molar-refractivity contribution >= 4 is 5.91 Å². The number of benzene rings is 1. The fraction of sp³-hybridized carbons (Fsp3) is 0.294. The van der Waals surface area contributed by atoms with Crippen molar-refractivity contribution in [2.24, 2.45) is 0 Å². The number of amides is 1. The minimum absolute atomic E-state index is 0.389. The molecule has 1 aromatic carbocycles. The summed E-state index contributed by atoms with van der Waals surface area (Å²) in [5, 5.41) is 8.63. The Morgan fingerprint density at radius 3 is 2.41 bits per heavy atom. The molecule has 2 rings (SSSR count). The highest BCUT2D eigenvalue weighted by atomic mass is 16.5. The summed E-state index contributed by atoms with van der Waals surface area (Å²) in [4.78, 5) is 17.8. The van der Waals surface area contributed by atoms with Gasteiger partial charge in [0.05, 0.1) is 0 Å². The highest BCUT2D eigenvalue weighted by Crippen LogP contribution is 2.13. The van der Waals surface area contributed by atoms with E-state index < -0.39 is 5.91 Å². The van der Waals surface area contributed by atoms with E-state index in [1.165, 1.54) is 5.56 Å². The summed E-state index contributed by atoms with van der Waals surface area (Å²) in [7, 11) is 0. The van der Waals surface area contributed by atoms with Gasteiger partial charge in [0.2, 0.25) is 0 Å². The van der Waals surface area contributed by atoms with Crippen molar-refractivity contribution in [1.82, 2.24) is 15.4 Å². The molecule has 22 heavy (non-hydrogen) atoms. The minimum Gasteiger partial charge on any atom is -0.292 e. The minimum atomic E-state index is -0.498. The van der Waals surface area contributed by atoms with Crippen LogP contribution in [0.1, 0.15) is 35.3 Å². The number of carbonyl (C=O) groups is 1. The molecule has 0 fully saturated rings. The van der Waals surface area contributed by atoms with E-state index in [9.17, 15) is 4.79 Å². The van der Waals surface area contributed by atoms with Gasteiger partial charge < -0.3 is 0 Å². The smallest absolute Gasteiger partial charge is 0.274 e. The lowest BCUT2D eigenvalue weighted by Gasteiger charge is -2.26. The van der Waals surface area contributed by atoms with Crippen LogP contribution in [0.3, 0.4) is 0 Å². The molecule has 1 heterocycles. The zero-order valence-electron chi connectivity index (χ0n) is 12.9. The van der Waals surface area contributed by atoms with Crippen LogP contribution in [0.15, 0.2) is 48.8 Å². The van der Waals surface area contributed by atoms with Gasteiger partial charge in [-0.3, -0.25) is 19.9 Å². The Kier molecular flexibility index (Phi) is 5.63. The Labute approximate surface area is 130 Å². The van der Waals surface area contributed by atoms with E-state index in [1.54, 1.807) is 23.8 Å². The second kappa shape index (κ2) is 7.68. The molecule has 1 amide bonds. The highest BCUT2D eigenvalue weighted by molar-refractivity contribution is 5.93. The number of nitrogens with one attached hydrogen (secondary N) is 1. The quantitative estimate of drug-likeness (QED) is 0.635. The molecule has 2 aromatic rings. The largest absolute Gasteiger partial charge is 0.292 e. The third kappa shape index (κ3) is 4.38. The maximum Gasteiger partial charge on any atom is 0.274 e. The number of aromatic nitrogens is 1. The van der Waals surface area contributed by atoms with Crippen LogP contribution in [0.4, 0.5) is 0 Å². The van der Waals surface area contributed by atoms with Crippen LogP contribution >= 0.6 is 0 Å². The maximum atomic E-state index is 11.3. The van der Waals surface area contributed by atoms with Gasteiger partial charge in [-0.1, -0.05) is 18.2 Å². The standard InChI is InChI=1S/C17H21N3O2/c1-13(2)20(12-15-4-3-9-18-10-15)11-14-5-7-16(8-6-14)17(21)19-22/h3-10,13,22H,11-12H2,1-2H3,(H,19,21). The summed E-state index contributed by atoms with van der Waals surface area (Å²) < 4.78 is 0. The van der Waals surface area contributed by atoms with Gasteiger partial charge in [0.25, 0.3) is 5.91 Å². The van der Waals surface area contributed by atoms with Crippen LogP contribution in [0.25, 0.3) is 0 Å². The fourth-order valence-electron chi connectivity index (χ4n) is 2.21. The van der Waals surface area contributed by atoms with Crippen molar-refractivity contribution in [2.45, 2.75) is 33.0 Å². The molecule has 0 saturated heterocycles. The summed E-state index contributed by atoms with van der Waals surface area (Å²) >= 11 is 0. The van der Waals surface area contributed by atoms with E-state index in [4.69, 9.17) is 5.21 Å². The van der Waals surface area contributed by atoms with Crippen LogP contribution in [0.2, 0.25) is 0 Å². The van der Waals surface area contributed by atoms with Crippen molar-refractivity contribution in [2.75, 3.05) is 0 Å². The number of carbonyl (C=O) groups excluding carboxylic acids is 1. The van der Waals surface area contributed by atoms with Gasteiger partial charge in [-0.2, -0.15) is 0 Å². The molecule has 0 atom stereocenters. The van der Waals surface area contributed by atoms with Crippen molar-refractivity contribution in [1.29, 1.82) is 0 Å². The first kappa shape index (κ1) is 16.1. The predicted molar refractivity (Wildman–Crippen MR) is 84.3 cm³/mol. The summed E-state index contributed by atoms with van der Waals surface area (Å²) in [6.45, 7) is 5.92. The average molecular weight is 299 g/mol. The SMILES string of the molecule is CC(C)N(Cc1ccc(C(=O)NO)cc1)Cc1cccnc1. The molecule has 0 aliphatic rings. The third-order valence-electron chi connectivity index (χ3n) is 3.54. The first-order valence-electron chi connectivity index (χ1n) is 7.26. The molecule has 0 unspecified atom stereocenters. The molecule has 0 spiro atoms. The molecule has 116 valence electrons. The normalized spacial score (nSPS) is 11.0. The van der Waals surface area contributed by atoms with Crippen LogP contribution in [0.5, 0.6) is 0 Å². The lowest BCUT2D eigenvalue weighted by Crippen LogP contribution is -2.29. The molecule has 5 heteroatoms. The number of nitrogens with zero attached hydrogens (tertiary/aromatic N) is 2. The molecular weight excluding hydrogens is 278 g/mol. The highest BCUT2D eigenvalue weighted by Gasteiger charge is 2.12. The number of hydroxylamine groups is 1. The molecule has 2 N–H and O–H groups in total. The van der Waals surface area contributed by atoms with Crippen molar-refractivity contribution < 1.29 is 10.0 Å². The lowest BCUT2D eigenvalue weighted by atomic mass is 10.1. The van der Waals surface area contributed by atoms with Crippen LogP contribution in [-0.2, 0) is 13.1 Å². The van der Waals surface area contributed by atoms with E-state index >= 15 is 0 Å². The molecule has 0 saturated carbocycles. The van der Waals surface area contributed by atoms with Gasteiger partial charge in [-0.25, -0.2) is 5.48 Å². The van der Waals surface area contributed by atoms with Crippen LogP contribution < -0.4 is 5.48 Å². The number of hydrogen-bond donors (Lipinski definition) is 2. The molecule has 1 aromatic heterocycles. The first-order valence-corrected chi connectivity index (χ1v) is 7.26. The molecule has 0 aliphatic heterocycles. The predicted octanol–water partition coefficient (Wildman–Crippen LogP) is 2.61. The van der Waals surface area contributed by atoms with E-state index in [0.717, 1.165) is 18.7 Å². The number of rotatable bonds is 6. The molecular formula is C17H21N3O2. The van der Waals surface area contributed by atoms with Crippen molar-refractivity contribution in [3.63, 3.8) is 0 Å². The van der Waals surface area contributed by atoms with E-state index in [-0.39, 0.29) is 0 Å². The monoisotopic (exact) mass is 299 g/mol. The number of hydrogen-bond acceptors (Lipinski definition) is 4. The molecule has 0 radical (unpaired) electrons. The fourth-order valence-corrected chi connectivity index (χ4v) is 2.21. The Balaban J connectivity index is 2.06. The van der Waals surface area contributed by atoms with Crippen LogP contribution in [-0.4, -0.2) is 27.0 Å². The summed E-state index contributed by atoms with van der Waals surface area (Å²) in [5.74, 6) is -0.498. The second-order valence-electron chi connectivity index (χ2n) is 5.50. The number of pyridine rings is 1. The van der Waals surface area contributed by atoms with Crippen molar-refractivity contribution in [3.8, 4) is 0 Å². The van der Waals surface area contributed by atoms with Crippen molar-refractivity contribution in [3.05, 3.63) is 65.5 Å². The zero-order valence-corrected chi connectivity index (χ0v) is 12.9. The summed E-state index contributed by atoms with van der Waals surface area (Å²) in [6, 6.07) is 11.6. The average Bonchev–Trinajstić information content (AvgIpc) is 2.55. The Bertz CT molecular complexity index is 597. The topological polar surface area (TPSA) is 65.5 Å². The molecule has 0 bridgehead atoms. The molecule has 0 aliphatic carbocycles. The van der Waals surface area contributed by atoms with Gasteiger partial charge in [0.15, 0.2) is 0 Å². The van der Waals surface area contributed by atoms with E-state index in [2.05, 4.69) is 29.8 Å². The maximum absolute atomic E-state index is 11.3. The first-order chi connectivity index (χ1) is 10.6. The Hall–Kier alpha value is -2.24. The van der Waals surface area contributed by atoms with Gasteiger partial charge >= 0.3 is 0 Å². The zero-order chi connectivity index (χ0) is 15.9. The van der Waals surface area contributed by atoms with Crippen LogP contribution in [0, 0.1) is 0 Å². The summed E-state index contributed by atoms with van der Waals surface area (Å²) in [6.07, 6.45) is 3.65. The van der Waals surface area contributed by atoms with E-state index in [1.807, 2.05) is 24.4 Å². The lowest BCUT2D eigenvalue weighted by molar-refractivity contribution is 0.0706. The molecule has 5 nitrogen and oxygen atoms in total. The van der Waals surface area contributed by atoms with Gasteiger partial charge in [-0.15, -0.1) is 0 Å². The second-order valence-corrected chi connectivity index (χ2v) is 5.50.